The van der Waals surface area contributed by atoms with E-state index in [-0.39, 0.29) is 0 Å². The predicted molar refractivity (Wildman–Crippen MR) is 89.4 cm³/mol. The van der Waals surface area contributed by atoms with Crippen molar-refractivity contribution in [2.24, 2.45) is 0 Å². The van der Waals surface area contributed by atoms with Crippen molar-refractivity contribution >= 4 is 16.9 Å². The third kappa shape index (κ3) is 3.63. The lowest BCUT2D eigenvalue weighted by molar-refractivity contribution is -0.141. The van der Waals surface area contributed by atoms with Crippen LogP contribution in [-0.4, -0.2) is 12.1 Å². The maximum atomic E-state index is 12.2. The maximum Gasteiger partial charge on any atom is 0.352 e. The molecule has 0 aliphatic carbocycles. The largest absolute Gasteiger partial charge is 0.479 e. The molecule has 0 fully saturated rings. The number of ether oxygens (including phenoxy) is 2. The van der Waals surface area contributed by atoms with E-state index in [1.165, 1.54) is 12.1 Å². The summed E-state index contributed by atoms with van der Waals surface area (Å²) in [6.45, 7) is 3.56. The number of rotatable bonds is 4. The summed E-state index contributed by atoms with van der Waals surface area (Å²) in [7, 11) is 0. The highest BCUT2D eigenvalue weighted by Gasteiger charge is 2.17. The lowest BCUT2D eigenvalue weighted by Gasteiger charge is -2.14. The Morgan fingerprint density at radius 3 is 2.62 bits per heavy atom. The molecular formula is C19H16O5. The Morgan fingerprint density at radius 2 is 1.83 bits per heavy atom. The zero-order valence-corrected chi connectivity index (χ0v) is 13.3. The molecule has 0 bridgehead atoms. The van der Waals surface area contributed by atoms with E-state index >= 15 is 0 Å². The molecular weight excluding hydrogens is 308 g/mol. The fourth-order valence-corrected chi connectivity index (χ4v) is 2.24. The zero-order valence-electron chi connectivity index (χ0n) is 13.3. The molecule has 1 heterocycles. The van der Waals surface area contributed by atoms with E-state index in [1.54, 1.807) is 31.2 Å². The van der Waals surface area contributed by atoms with Gasteiger partial charge in [-0.3, -0.25) is 0 Å². The summed E-state index contributed by atoms with van der Waals surface area (Å²) in [6.07, 6.45) is -0.773. The minimum absolute atomic E-state index is 0.293. The van der Waals surface area contributed by atoms with Crippen molar-refractivity contribution < 1.29 is 18.7 Å². The molecule has 2 aromatic carbocycles. The molecule has 1 atom stereocenters. The standard InChI is InChI=1S/C19H16O5/c1-12-4-3-5-15(10-12)22-13(2)19(21)23-16-8-6-14-7-9-18(20)24-17(14)11-16/h3-11,13H,1-2H3/t13-/m0/s1. The summed E-state index contributed by atoms with van der Waals surface area (Å²) in [6, 6.07) is 15.3. The van der Waals surface area contributed by atoms with Crippen LogP contribution in [0.3, 0.4) is 0 Å². The van der Waals surface area contributed by atoms with E-state index in [0.29, 0.717) is 17.1 Å². The first kappa shape index (κ1) is 15.8. The summed E-state index contributed by atoms with van der Waals surface area (Å²) in [5.74, 6) is 0.361. The first-order valence-electron chi connectivity index (χ1n) is 7.50. The molecule has 3 rings (SSSR count). The molecule has 3 aromatic rings. The molecule has 0 aliphatic rings. The van der Waals surface area contributed by atoms with Crippen LogP contribution >= 0.6 is 0 Å². The minimum atomic E-state index is -0.773. The summed E-state index contributed by atoms with van der Waals surface area (Å²) >= 11 is 0. The number of fused-ring (bicyclic) bond motifs is 1. The predicted octanol–water partition coefficient (Wildman–Crippen LogP) is 3.47. The third-order valence-corrected chi connectivity index (χ3v) is 3.45. The maximum absolute atomic E-state index is 12.2. The van der Waals surface area contributed by atoms with Gasteiger partial charge in [-0.05, 0) is 49.7 Å². The Labute approximate surface area is 138 Å². The quantitative estimate of drug-likeness (QED) is 0.418. The van der Waals surface area contributed by atoms with E-state index < -0.39 is 17.7 Å². The molecule has 1 aromatic heterocycles. The van der Waals surface area contributed by atoms with Crippen molar-refractivity contribution in [2.45, 2.75) is 20.0 Å². The van der Waals surface area contributed by atoms with E-state index in [0.717, 1.165) is 10.9 Å². The number of carbonyl (C=O) groups is 1. The van der Waals surface area contributed by atoms with Gasteiger partial charge in [-0.25, -0.2) is 9.59 Å². The Hall–Kier alpha value is -3.08. The smallest absolute Gasteiger partial charge is 0.352 e. The van der Waals surface area contributed by atoms with Gasteiger partial charge in [0, 0.05) is 17.5 Å². The van der Waals surface area contributed by atoms with Gasteiger partial charge < -0.3 is 13.9 Å². The highest BCUT2D eigenvalue weighted by molar-refractivity contribution is 5.81. The Balaban J connectivity index is 1.72. The van der Waals surface area contributed by atoms with Gasteiger partial charge in [-0.15, -0.1) is 0 Å². The second-order valence-corrected chi connectivity index (χ2v) is 5.45. The van der Waals surface area contributed by atoms with Crippen LogP contribution in [0.15, 0.2) is 63.8 Å². The molecule has 0 radical (unpaired) electrons. The van der Waals surface area contributed by atoms with E-state index in [9.17, 15) is 9.59 Å². The topological polar surface area (TPSA) is 65.7 Å². The van der Waals surface area contributed by atoms with Crippen LogP contribution in [0.1, 0.15) is 12.5 Å². The fraction of sp³-hybridized carbons (Fsp3) is 0.158. The zero-order chi connectivity index (χ0) is 17.1. The molecule has 0 spiro atoms. The van der Waals surface area contributed by atoms with Crippen LogP contribution in [0.2, 0.25) is 0 Å². The van der Waals surface area contributed by atoms with Crippen LogP contribution in [0, 0.1) is 6.92 Å². The first-order chi connectivity index (χ1) is 11.5. The van der Waals surface area contributed by atoms with Crippen molar-refractivity contribution in [1.82, 2.24) is 0 Å². The average Bonchev–Trinajstić information content (AvgIpc) is 2.54. The number of hydrogen-bond acceptors (Lipinski definition) is 5. The fourth-order valence-electron chi connectivity index (χ4n) is 2.24. The van der Waals surface area contributed by atoms with Crippen LogP contribution in [-0.2, 0) is 4.79 Å². The van der Waals surface area contributed by atoms with Crippen LogP contribution in [0.25, 0.3) is 11.0 Å². The second-order valence-electron chi connectivity index (χ2n) is 5.45. The van der Waals surface area contributed by atoms with Crippen LogP contribution in [0.4, 0.5) is 0 Å². The number of esters is 1. The third-order valence-electron chi connectivity index (χ3n) is 3.45. The first-order valence-corrected chi connectivity index (χ1v) is 7.50. The second kappa shape index (κ2) is 6.58. The van der Waals surface area contributed by atoms with Crippen molar-refractivity contribution in [3.05, 3.63) is 70.6 Å². The molecule has 0 saturated carbocycles. The molecule has 0 unspecified atom stereocenters. The molecule has 0 aliphatic heterocycles. The highest BCUT2D eigenvalue weighted by Crippen LogP contribution is 2.21. The molecule has 24 heavy (non-hydrogen) atoms. The van der Waals surface area contributed by atoms with Gasteiger partial charge in [0.05, 0.1) is 0 Å². The van der Waals surface area contributed by atoms with E-state index in [4.69, 9.17) is 13.9 Å². The summed E-state index contributed by atoms with van der Waals surface area (Å²) in [5, 5.41) is 0.749. The number of carbonyl (C=O) groups excluding carboxylic acids is 1. The van der Waals surface area contributed by atoms with Crippen molar-refractivity contribution in [3.8, 4) is 11.5 Å². The van der Waals surface area contributed by atoms with Crippen molar-refractivity contribution in [3.63, 3.8) is 0 Å². The summed E-state index contributed by atoms with van der Waals surface area (Å²) < 4.78 is 16.0. The lowest BCUT2D eigenvalue weighted by Crippen LogP contribution is -2.28. The van der Waals surface area contributed by atoms with Gasteiger partial charge in [-0.1, -0.05) is 12.1 Å². The van der Waals surface area contributed by atoms with Crippen LogP contribution < -0.4 is 15.1 Å². The van der Waals surface area contributed by atoms with Gasteiger partial charge in [0.25, 0.3) is 0 Å². The summed E-state index contributed by atoms with van der Waals surface area (Å²) in [4.78, 5) is 23.4. The molecule has 0 N–H and O–H groups in total. The molecule has 122 valence electrons. The Morgan fingerprint density at radius 1 is 1.04 bits per heavy atom. The minimum Gasteiger partial charge on any atom is -0.479 e. The highest BCUT2D eigenvalue weighted by atomic mass is 16.6. The van der Waals surface area contributed by atoms with E-state index in [2.05, 4.69) is 0 Å². The van der Waals surface area contributed by atoms with Gasteiger partial charge in [0.2, 0.25) is 0 Å². The number of benzene rings is 2. The van der Waals surface area contributed by atoms with Crippen molar-refractivity contribution in [1.29, 1.82) is 0 Å². The van der Waals surface area contributed by atoms with Gasteiger partial charge in [0.1, 0.15) is 17.1 Å². The van der Waals surface area contributed by atoms with E-state index in [1.807, 2.05) is 25.1 Å². The van der Waals surface area contributed by atoms with Crippen molar-refractivity contribution in [2.75, 3.05) is 0 Å². The number of aryl methyl sites for hydroxylation is 1. The molecule has 5 nitrogen and oxygen atoms in total. The normalized spacial score (nSPS) is 11.9. The van der Waals surface area contributed by atoms with Gasteiger partial charge >= 0.3 is 11.6 Å². The Kier molecular flexibility index (Phi) is 4.33. The lowest BCUT2D eigenvalue weighted by atomic mass is 10.2. The monoisotopic (exact) mass is 324 g/mol. The number of hydrogen-bond donors (Lipinski definition) is 0. The van der Waals surface area contributed by atoms with Gasteiger partial charge in [0.15, 0.2) is 6.10 Å². The SMILES string of the molecule is Cc1cccc(O[C@@H](C)C(=O)Oc2ccc3ccc(=O)oc3c2)c1. The average molecular weight is 324 g/mol. The summed E-state index contributed by atoms with van der Waals surface area (Å²) in [5.41, 5.74) is 0.944. The molecule has 0 saturated heterocycles. The Bertz CT molecular complexity index is 942. The molecule has 5 heteroatoms. The van der Waals surface area contributed by atoms with Gasteiger partial charge in [-0.2, -0.15) is 0 Å². The van der Waals surface area contributed by atoms with Crippen LogP contribution in [0.5, 0.6) is 11.5 Å². The molecule has 0 amide bonds.